The van der Waals surface area contributed by atoms with E-state index in [4.69, 9.17) is 0 Å². The molecule has 0 radical (unpaired) electrons. The van der Waals surface area contributed by atoms with E-state index in [9.17, 15) is 15.0 Å². The van der Waals surface area contributed by atoms with Gasteiger partial charge in [0.25, 0.3) is 0 Å². The predicted molar refractivity (Wildman–Crippen MR) is 99.7 cm³/mol. The van der Waals surface area contributed by atoms with Crippen molar-refractivity contribution in [3.8, 4) is 0 Å². The van der Waals surface area contributed by atoms with E-state index in [1.807, 2.05) is 52.0 Å². The van der Waals surface area contributed by atoms with Gasteiger partial charge in [0.2, 0.25) is 0 Å². The number of hydrogen-bond donors (Lipinski definition) is 2. The van der Waals surface area contributed by atoms with Crippen LogP contribution in [0.25, 0.3) is 0 Å². The van der Waals surface area contributed by atoms with Crippen molar-refractivity contribution in [1.82, 2.24) is 0 Å². The first-order valence-electron chi connectivity index (χ1n) is 8.59. The van der Waals surface area contributed by atoms with Crippen LogP contribution in [0.15, 0.2) is 47.6 Å². The van der Waals surface area contributed by atoms with E-state index < -0.39 is 11.2 Å². The molecule has 1 aliphatic rings. The molecule has 0 aromatic heterocycles. The zero-order valence-corrected chi connectivity index (χ0v) is 15.9. The van der Waals surface area contributed by atoms with Gasteiger partial charge < -0.3 is 10.2 Å². The first-order chi connectivity index (χ1) is 10.9. The smallest absolute Gasteiger partial charge is 0.152 e. The Morgan fingerprint density at radius 3 is 2.12 bits per heavy atom. The maximum Gasteiger partial charge on any atom is 0.152 e. The average molecular weight is 332 g/mol. The van der Waals surface area contributed by atoms with E-state index in [2.05, 4.69) is 0 Å². The fourth-order valence-corrected chi connectivity index (χ4v) is 3.42. The van der Waals surface area contributed by atoms with Crippen LogP contribution < -0.4 is 0 Å². The van der Waals surface area contributed by atoms with Gasteiger partial charge >= 0.3 is 0 Å². The standard InChI is InChI=1S/C21H32O3/c1-16(9-7-10-17(2)15-18(3)22)11-14-21(24)19(4,5)12-8-13-20(21,6)23/h7,9-11,14-15,23-24H,8,12-13H2,1-6H3/b10-7+,14-11-,16-9+,17-15+. The zero-order valence-electron chi connectivity index (χ0n) is 15.9. The molecular weight excluding hydrogens is 300 g/mol. The van der Waals surface area contributed by atoms with Crippen molar-refractivity contribution in [2.75, 3.05) is 0 Å². The van der Waals surface area contributed by atoms with E-state index in [1.54, 1.807) is 19.1 Å². The predicted octanol–water partition coefficient (Wildman–Crippen LogP) is 4.27. The lowest BCUT2D eigenvalue weighted by atomic mass is 9.58. The summed E-state index contributed by atoms with van der Waals surface area (Å²) in [6.07, 6.45) is 13.2. The third-order valence-electron chi connectivity index (χ3n) is 5.05. The number of allylic oxidation sites excluding steroid dienone is 7. The van der Waals surface area contributed by atoms with Crippen molar-refractivity contribution in [2.45, 2.75) is 72.0 Å². The van der Waals surface area contributed by atoms with Crippen LogP contribution in [0.4, 0.5) is 0 Å². The summed E-state index contributed by atoms with van der Waals surface area (Å²) in [5.41, 5.74) is -0.927. The van der Waals surface area contributed by atoms with E-state index in [0.29, 0.717) is 6.42 Å². The molecular formula is C21H32O3. The third-order valence-corrected chi connectivity index (χ3v) is 5.05. The summed E-state index contributed by atoms with van der Waals surface area (Å²) in [5.74, 6) is 0.0294. The highest BCUT2D eigenvalue weighted by Gasteiger charge is 2.56. The lowest BCUT2D eigenvalue weighted by molar-refractivity contribution is -0.194. The van der Waals surface area contributed by atoms with Gasteiger partial charge in [-0.15, -0.1) is 0 Å². The summed E-state index contributed by atoms with van der Waals surface area (Å²) in [5, 5.41) is 21.9. The van der Waals surface area contributed by atoms with Gasteiger partial charge in [-0.25, -0.2) is 0 Å². The minimum Gasteiger partial charge on any atom is -0.387 e. The fraction of sp³-hybridized carbons (Fsp3) is 0.571. The number of rotatable bonds is 5. The van der Waals surface area contributed by atoms with E-state index in [1.165, 1.54) is 6.92 Å². The molecule has 1 rings (SSSR count). The summed E-state index contributed by atoms with van der Waals surface area (Å²) < 4.78 is 0. The van der Waals surface area contributed by atoms with Crippen LogP contribution in [0, 0.1) is 5.41 Å². The van der Waals surface area contributed by atoms with Gasteiger partial charge in [0.1, 0.15) is 5.60 Å². The lowest BCUT2D eigenvalue weighted by Gasteiger charge is -2.53. The summed E-state index contributed by atoms with van der Waals surface area (Å²) in [6, 6.07) is 0. The Hall–Kier alpha value is -1.45. The topological polar surface area (TPSA) is 57.5 Å². The van der Waals surface area contributed by atoms with Gasteiger partial charge in [0.05, 0.1) is 5.60 Å². The molecule has 0 amide bonds. The molecule has 3 heteroatoms. The second-order valence-electron chi connectivity index (χ2n) is 7.88. The molecule has 134 valence electrons. The Balaban J connectivity index is 2.95. The van der Waals surface area contributed by atoms with Crippen LogP contribution >= 0.6 is 0 Å². The minimum absolute atomic E-state index is 0.0294. The quantitative estimate of drug-likeness (QED) is 0.584. The van der Waals surface area contributed by atoms with Gasteiger partial charge in [-0.05, 0) is 70.1 Å². The molecule has 2 N–H and O–H groups in total. The van der Waals surface area contributed by atoms with Crippen molar-refractivity contribution in [3.05, 3.63) is 47.6 Å². The first-order valence-corrected chi connectivity index (χ1v) is 8.59. The highest BCUT2D eigenvalue weighted by atomic mass is 16.4. The second kappa shape index (κ2) is 7.62. The fourth-order valence-electron chi connectivity index (χ4n) is 3.42. The molecule has 24 heavy (non-hydrogen) atoms. The molecule has 1 fully saturated rings. The highest BCUT2D eigenvalue weighted by molar-refractivity contribution is 5.88. The highest BCUT2D eigenvalue weighted by Crippen LogP contribution is 2.50. The number of aliphatic hydroxyl groups is 2. The number of carbonyl (C=O) groups is 1. The summed E-state index contributed by atoms with van der Waals surface area (Å²) in [4.78, 5) is 11.0. The molecule has 0 bridgehead atoms. The van der Waals surface area contributed by atoms with E-state index in [-0.39, 0.29) is 11.2 Å². The van der Waals surface area contributed by atoms with Crippen molar-refractivity contribution in [3.63, 3.8) is 0 Å². The summed E-state index contributed by atoms with van der Waals surface area (Å²) in [6.45, 7) is 11.1. The van der Waals surface area contributed by atoms with E-state index in [0.717, 1.165) is 24.0 Å². The average Bonchev–Trinajstić information content (AvgIpc) is 2.41. The van der Waals surface area contributed by atoms with Crippen LogP contribution in [0.5, 0.6) is 0 Å². The van der Waals surface area contributed by atoms with Crippen molar-refractivity contribution < 1.29 is 15.0 Å². The molecule has 2 unspecified atom stereocenters. The number of ketones is 1. The Labute approximate surface area is 146 Å². The Bertz CT molecular complexity index is 570. The minimum atomic E-state index is -1.26. The molecule has 0 aromatic carbocycles. The summed E-state index contributed by atoms with van der Waals surface area (Å²) in [7, 11) is 0. The molecule has 0 aliphatic heterocycles. The van der Waals surface area contributed by atoms with Crippen molar-refractivity contribution in [2.24, 2.45) is 5.41 Å². The largest absolute Gasteiger partial charge is 0.387 e. The number of hydrogen-bond acceptors (Lipinski definition) is 3. The van der Waals surface area contributed by atoms with Gasteiger partial charge in [0.15, 0.2) is 5.78 Å². The third kappa shape index (κ3) is 4.78. The van der Waals surface area contributed by atoms with Crippen LogP contribution in [-0.2, 0) is 4.79 Å². The van der Waals surface area contributed by atoms with Gasteiger partial charge in [-0.2, -0.15) is 0 Å². The molecule has 1 aliphatic carbocycles. The molecule has 0 heterocycles. The van der Waals surface area contributed by atoms with Crippen LogP contribution in [0.2, 0.25) is 0 Å². The maximum absolute atomic E-state index is 11.2. The second-order valence-corrected chi connectivity index (χ2v) is 7.88. The zero-order chi connectivity index (χ0) is 18.6. The molecule has 0 saturated heterocycles. The monoisotopic (exact) mass is 332 g/mol. The summed E-state index contributed by atoms with van der Waals surface area (Å²) >= 11 is 0. The normalized spacial score (nSPS) is 31.8. The maximum atomic E-state index is 11.2. The van der Waals surface area contributed by atoms with E-state index >= 15 is 0 Å². The van der Waals surface area contributed by atoms with Crippen LogP contribution in [-0.4, -0.2) is 27.2 Å². The van der Waals surface area contributed by atoms with Gasteiger partial charge in [0, 0.05) is 0 Å². The molecule has 0 aromatic rings. The first kappa shape index (κ1) is 20.6. The Kier molecular flexibility index (Phi) is 6.54. The van der Waals surface area contributed by atoms with Crippen LogP contribution in [0.1, 0.15) is 60.8 Å². The lowest BCUT2D eigenvalue weighted by Crippen LogP contribution is -2.62. The van der Waals surface area contributed by atoms with Crippen molar-refractivity contribution in [1.29, 1.82) is 0 Å². The van der Waals surface area contributed by atoms with Crippen LogP contribution in [0.3, 0.4) is 0 Å². The molecule has 1 saturated carbocycles. The Morgan fingerprint density at radius 1 is 0.958 bits per heavy atom. The van der Waals surface area contributed by atoms with Gasteiger partial charge in [-0.3, -0.25) is 4.79 Å². The molecule has 0 spiro atoms. The van der Waals surface area contributed by atoms with Crippen molar-refractivity contribution >= 4 is 5.78 Å². The number of carbonyl (C=O) groups excluding carboxylic acids is 1. The SMILES string of the molecule is CC(=O)/C=C(C)/C=C/C=C(C)/C=C\C1(O)C(C)(C)CCCC1(C)O. The van der Waals surface area contributed by atoms with Gasteiger partial charge in [-0.1, -0.05) is 43.7 Å². The molecule has 2 atom stereocenters. The molecule has 3 nitrogen and oxygen atoms in total. The Morgan fingerprint density at radius 2 is 1.58 bits per heavy atom.